The fraction of sp³-hybridized carbons (Fsp3) is 0.294. The molecule has 0 amide bonds. The molecule has 0 spiro atoms. The Morgan fingerprint density at radius 3 is 2.52 bits per heavy atom. The van der Waals surface area contributed by atoms with Crippen molar-refractivity contribution in [3.05, 3.63) is 53.3 Å². The van der Waals surface area contributed by atoms with Crippen LogP contribution >= 0.6 is 27.5 Å². The maximum atomic E-state index is 14.5. The molecule has 3 nitrogen and oxygen atoms in total. The number of nitrogens with two attached hydrogens (primary N) is 1. The summed E-state index contributed by atoms with van der Waals surface area (Å²) < 4.78 is 19.9. The number of rotatable bonds is 5. The van der Waals surface area contributed by atoms with Crippen LogP contribution in [0.4, 0.5) is 21.5 Å². The minimum atomic E-state index is -0.366. The third-order valence-electron chi connectivity index (χ3n) is 4.00. The fourth-order valence-electron chi connectivity index (χ4n) is 2.65. The number of nitrogen functional groups attached to an aromatic ring is 1. The zero-order valence-electron chi connectivity index (χ0n) is 12.4. The SMILES string of the molecule is Nc1ccc(N(CC2(CBr)COC2)c2ccccc2Cl)c(F)c1. The Bertz CT molecular complexity index is 703. The van der Waals surface area contributed by atoms with Crippen LogP contribution in [-0.4, -0.2) is 25.1 Å². The standard InChI is InChI=1S/C17H17BrClFN2O/c18-8-17(10-23-11-17)9-22(15-4-2-1-3-13(15)19)16-6-5-12(21)7-14(16)20/h1-7H,8-11,21H2. The van der Waals surface area contributed by atoms with Crippen molar-refractivity contribution in [1.29, 1.82) is 0 Å². The molecule has 1 heterocycles. The summed E-state index contributed by atoms with van der Waals surface area (Å²) in [5.41, 5.74) is 7.23. The zero-order chi connectivity index (χ0) is 16.4. The molecule has 2 N–H and O–H groups in total. The topological polar surface area (TPSA) is 38.5 Å². The van der Waals surface area contributed by atoms with Gasteiger partial charge < -0.3 is 15.4 Å². The number of halogens is 3. The lowest BCUT2D eigenvalue weighted by Crippen LogP contribution is -2.51. The number of anilines is 3. The predicted octanol–water partition coefficient (Wildman–Crippen LogP) is 4.61. The largest absolute Gasteiger partial charge is 0.399 e. The summed E-state index contributed by atoms with van der Waals surface area (Å²) in [7, 11) is 0. The monoisotopic (exact) mass is 398 g/mol. The molecule has 0 aliphatic carbocycles. The molecule has 2 aromatic rings. The second kappa shape index (κ2) is 6.67. The molecule has 2 aromatic carbocycles. The Morgan fingerprint density at radius 2 is 1.96 bits per heavy atom. The van der Waals surface area contributed by atoms with Crippen molar-refractivity contribution in [3.63, 3.8) is 0 Å². The van der Waals surface area contributed by atoms with Crippen molar-refractivity contribution in [3.8, 4) is 0 Å². The van der Waals surface area contributed by atoms with E-state index in [-0.39, 0.29) is 11.2 Å². The predicted molar refractivity (Wildman–Crippen MR) is 96.3 cm³/mol. The molecule has 1 aliphatic heterocycles. The zero-order valence-corrected chi connectivity index (χ0v) is 14.8. The highest BCUT2D eigenvalue weighted by atomic mass is 79.9. The van der Waals surface area contributed by atoms with Crippen LogP contribution in [0.15, 0.2) is 42.5 Å². The van der Waals surface area contributed by atoms with E-state index in [0.29, 0.717) is 36.2 Å². The molecule has 0 aromatic heterocycles. The van der Waals surface area contributed by atoms with Gasteiger partial charge in [0.05, 0.1) is 29.6 Å². The number of ether oxygens (including phenoxy) is 1. The molecule has 0 bridgehead atoms. The summed E-state index contributed by atoms with van der Waals surface area (Å²) >= 11 is 9.91. The second-order valence-corrected chi connectivity index (χ2v) is 6.84. The molecular formula is C17H17BrClFN2O. The van der Waals surface area contributed by atoms with Gasteiger partial charge >= 0.3 is 0 Å². The lowest BCUT2D eigenvalue weighted by molar-refractivity contribution is -0.0907. The van der Waals surface area contributed by atoms with E-state index in [1.54, 1.807) is 18.2 Å². The van der Waals surface area contributed by atoms with Crippen LogP contribution in [-0.2, 0) is 4.74 Å². The van der Waals surface area contributed by atoms with E-state index in [1.807, 2.05) is 23.1 Å². The van der Waals surface area contributed by atoms with E-state index in [4.69, 9.17) is 22.1 Å². The molecule has 1 aliphatic rings. The molecule has 1 fully saturated rings. The van der Waals surface area contributed by atoms with E-state index in [0.717, 1.165) is 11.0 Å². The highest BCUT2D eigenvalue weighted by Crippen LogP contribution is 2.39. The molecule has 0 unspecified atom stereocenters. The van der Waals surface area contributed by atoms with Gasteiger partial charge in [-0.05, 0) is 30.3 Å². The first-order chi connectivity index (χ1) is 11.0. The molecule has 0 saturated carbocycles. The van der Waals surface area contributed by atoms with Gasteiger partial charge in [-0.2, -0.15) is 0 Å². The smallest absolute Gasteiger partial charge is 0.148 e. The van der Waals surface area contributed by atoms with E-state index in [9.17, 15) is 4.39 Å². The van der Waals surface area contributed by atoms with Crippen LogP contribution in [0, 0.1) is 11.2 Å². The van der Waals surface area contributed by atoms with Crippen molar-refractivity contribution >= 4 is 44.6 Å². The van der Waals surface area contributed by atoms with E-state index in [2.05, 4.69) is 15.9 Å². The normalized spacial score (nSPS) is 16.0. The number of para-hydroxylation sites is 1. The van der Waals surface area contributed by atoms with Gasteiger partial charge in [0.1, 0.15) is 5.82 Å². The molecule has 1 saturated heterocycles. The Balaban J connectivity index is 2.04. The number of hydrogen-bond acceptors (Lipinski definition) is 3. The van der Waals surface area contributed by atoms with Gasteiger partial charge in [-0.25, -0.2) is 4.39 Å². The number of nitrogens with zero attached hydrogens (tertiary/aromatic N) is 1. The first-order valence-corrected chi connectivity index (χ1v) is 8.75. The third-order valence-corrected chi connectivity index (χ3v) is 5.51. The van der Waals surface area contributed by atoms with Crippen LogP contribution in [0.5, 0.6) is 0 Å². The Labute approximate surface area is 148 Å². The highest BCUT2D eigenvalue weighted by molar-refractivity contribution is 9.09. The summed E-state index contributed by atoms with van der Waals surface area (Å²) in [6.45, 7) is 1.87. The van der Waals surface area contributed by atoms with Crippen molar-refractivity contribution in [2.75, 3.05) is 35.7 Å². The van der Waals surface area contributed by atoms with Gasteiger partial charge in [0.25, 0.3) is 0 Å². The van der Waals surface area contributed by atoms with Crippen molar-refractivity contribution in [1.82, 2.24) is 0 Å². The number of benzene rings is 2. The molecule has 6 heteroatoms. The first kappa shape index (κ1) is 16.6. The molecule has 3 rings (SSSR count). The summed E-state index contributed by atoms with van der Waals surface area (Å²) in [4.78, 5) is 1.90. The van der Waals surface area contributed by atoms with Crippen LogP contribution in [0.25, 0.3) is 0 Å². The summed E-state index contributed by atoms with van der Waals surface area (Å²) in [6.07, 6.45) is 0. The Kier molecular flexibility index (Phi) is 4.80. The van der Waals surface area contributed by atoms with E-state index >= 15 is 0 Å². The van der Waals surface area contributed by atoms with Gasteiger partial charge in [0.15, 0.2) is 0 Å². The molecule has 0 radical (unpaired) electrons. The van der Waals surface area contributed by atoms with Crippen molar-refractivity contribution in [2.45, 2.75) is 0 Å². The maximum Gasteiger partial charge on any atom is 0.148 e. The van der Waals surface area contributed by atoms with Gasteiger partial charge in [0, 0.05) is 23.0 Å². The molecular weight excluding hydrogens is 383 g/mol. The summed E-state index contributed by atoms with van der Waals surface area (Å²) in [6, 6.07) is 12.2. The summed E-state index contributed by atoms with van der Waals surface area (Å²) in [5.74, 6) is -0.366. The Hall–Kier alpha value is -1.30. The first-order valence-electron chi connectivity index (χ1n) is 7.25. The molecule has 122 valence electrons. The highest BCUT2D eigenvalue weighted by Gasteiger charge is 2.40. The summed E-state index contributed by atoms with van der Waals surface area (Å²) in [5, 5.41) is 1.35. The Morgan fingerprint density at radius 1 is 1.22 bits per heavy atom. The average Bonchev–Trinajstić information content (AvgIpc) is 2.49. The van der Waals surface area contributed by atoms with Crippen LogP contribution in [0.1, 0.15) is 0 Å². The number of hydrogen-bond donors (Lipinski definition) is 1. The quantitative estimate of drug-likeness (QED) is 0.589. The van der Waals surface area contributed by atoms with Gasteiger partial charge in [-0.15, -0.1) is 0 Å². The molecule has 0 atom stereocenters. The minimum Gasteiger partial charge on any atom is -0.399 e. The van der Waals surface area contributed by atoms with E-state index < -0.39 is 0 Å². The van der Waals surface area contributed by atoms with Crippen LogP contribution < -0.4 is 10.6 Å². The second-order valence-electron chi connectivity index (χ2n) is 5.87. The van der Waals surface area contributed by atoms with Crippen molar-refractivity contribution in [2.24, 2.45) is 5.41 Å². The van der Waals surface area contributed by atoms with Gasteiger partial charge in [0.2, 0.25) is 0 Å². The fourth-order valence-corrected chi connectivity index (χ4v) is 3.39. The maximum absolute atomic E-state index is 14.5. The lowest BCUT2D eigenvalue weighted by Gasteiger charge is -2.44. The lowest BCUT2D eigenvalue weighted by atomic mass is 9.87. The van der Waals surface area contributed by atoms with Crippen molar-refractivity contribution < 1.29 is 9.13 Å². The third kappa shape index (κ3) is 3.32. The minimum absolute atomic E-state index is 0.0625. The number of alkyl halides is 1. The van der Waals surface area contributed by atoms with Crippen LogP contribution in [0.2, 0.25) is 5.02 Å². The molecule has 23 heavy (non-hydrogen) atoms. The average molecular weight is 400 g/mol. The van der Waals surface area contributed by atoms with E-state index in [1.165, 1.54) is 6.07 Å². The van der Waals surface area contributed by atoms with Gasteiger partial charge in [-0.1, -0.05) is 39.7 Å². The van der Waals surface area contributed by atoms with Crippen LogP contribution in [0.3, 0.4) is 0 Å². The van der Waals surface area contributed by atoms with Gasteiger partial charge in [-0.3, -0.25) is 0 Å².